The highest BCUT2D eigenvalue weighted by Crippen LogP contribution is 2.26. The van der Waals surface area contributed by atoms with E-state index in [0.29, 0.717) is 24.3 Å². The summed E-state index contributed by atoms with van der Waals surface area (Å²) >= 11 is 3.09. The molecular formula is C24H26N8O4S2. The van der Waals surface area contributed by atoms with Crippen molar-refractivity contribution in [2.45, 2.75) is 61.6 Å². The molecule has 0 aliphatic carbocycles. The smallest absolute Gasteiger partial charge is 0.269 e. The number of nitro groups is 2. The summed E-state index contributed by atoms with van der Waals surface area (Å²) in [6.45, 7) is 5.54. The third kappa shape index (κ3) is 6.55. The molecule has 0 atom stereocenters. The summed E-state index contributed by atoms with van der Waals surface area (Å²) in [6.07, 6.45) is 1.31. The second-order valence-electron chi connectivity index (χ2n) is 8.21. The van der Waals surface area contributed by atoms with Gasteiger partial charge < -0.3 is 9.13 Å². The van der Waals surface area contributed by atoms with Crippen LogP contribution in [-0.2, 0) is 37.4 Å². The quantitative estimate of drug-likeness (QED) is 0.124. The highest BCUT2D eigenvalue weighted by Gasteiger charge is 2.16. The Morgan fingerprint density at radius 2 is 1.03 bits per heavy atom. The van der Waals surface area contributed by atoms with E-state index in [1.165, 1.54) is 24.3 Å². The molecule has 0 N–H and O–H groups in total. The maximum absolute atomic E-state index is 10.9. The molecule has 0 radical (unpaired) electrons. The van der Waals surface area contributed by atoms with Gasteiger partial charge in [0.05, 0.1) is 9.85 Å². The van der Waals surface area contributed by atoms with E-state index in [1.54, 1.807) is 47.8 Å². The molecule has 2 aromatic carbocycles. The van der Waals surface area contributed by atoms with Gasteiger partial charge in [0, 0.05) is 61.7 Å². The zero-order chi connectivity index (χ0) is 27.1. The van der Waals surface area contributed by atoms with Crippen LogP contribution >= 0.6 is 23.5 Å². The van der Waals surface area contributed by atoms with Crippen molar-refractivity contribution in [1.29, 1.82) is 0 Å². The van der Waals surface area contributed by atoms with Crippen molar-refractivity contribution in [2.75, 3.05) is 0 Å². The van der Waals surface area contributed by atoms with Gasteiger partial charge in [-0.3, -0.25) is 20.2 Å². The third-order valence-electron chi connectivity index (χ3n) is 5.82. The van der Waals surface area contributed by atoms with Gasteiger partial charge in [-0.15, -0.1) is 20.4 Å². The molecule has 0 amide bonds. The van der Waals surface area contributed by atoms with Crippen molar-refractivity contribution in [2.24, 2.45) is 0 Å². The van der Waals surface area contributed by atoms with Crippen LogP contribution in [0.15, 0.2) is 58.8 Å². The summed E-state index contributed by atoms with van der Waals surface area (Å²) < 4.78 is 4.15. The highest BCUT2D eigenvalue weighted by atomic mass is 32.2. The van der Waals surface area contributed by atoms with E-state index in [1.807, 2.05) is 13.8 Å². The standard InChI is InChI=1S/C24H26N8O4S2/c1-3-29-21(25-27-23(29)37-15-17-5-9-19(10-6-17)31(33)34)13-14-22-26-28-24(30(22)4-2)38-16-18-7-11-20(12-8-18)32(35)36/h5-12H,3-4,13-16H2,1-2H3. The Morgan fingerprint density at radius 3 is 1.34 bits per heavy atom. The molecular weight excluding hydrogens is 528 g/mol. The lowest BCUT2D eigenvalue weighted by Crippen LogP contribution is -2.09. The Bertz CT molecular complexity index is 1300. The Morgan fingerprint density at radius 1 is 0.658 bits per heavy atom. The lowest BCUT2D eigenvalue weighted by molar-refractivity contribution is -0.385. The molecule has 14 heteroatoms. The SMILES string of the molecule is CCn1c(CCc2nnc(SCc3ccc([N+](=O)[O-])cc3)n2CC)nnc1SCc1ccc([N+](=O)[O-])cc1. The Kier molecular flexibility index (Phi) is 9.07. The number of aromatic nitrogens is 6. The molecule has 4 aromatic rings. The van der Waals surface area contributed by atoms with Crippen molar-refractivity contribution in [3.8, 4) is 0 Å². The van der Waals surface area contributed by atoms with Gasteiger partial charge in [0.2, 0.25) is 0 Å². The topological polar surface area (TPSA) is 148 Å². The number of non-ortho nitro benzene ring substituents is 2. The molecule has 0 saturated carbocycles. The minimum Gasteiger partial charge on any atom is -0.306 e. The molecule has 38 heavy (non-hydrogen) atoms. The van der Waals surface area contributed by atoms with Gasteiger partial charge in [0.15, 0.2) is 10.3 Å². The van der Waals surface area contributed by atoms with Crippen LogP contribution in [0.2, 0.25) is 0 Å². The lowest BCUT2D eigenvalue weighted by Gasteiger charge is -2.09. The molecule has 4 rings (SSSR count). The fourth-order valence-electron chi connectivity index (χ4n) is 3.80. The lowest BCUT2D eigenvalue weighted by atomic mass is 10.2. The molecule has 0 saturated heterocycles. The van der Waals surface area contributed by atoms with Gasteiger partial charge in [-0.2, -0.15) is 0 Å². The molecule has 0 aliphatic heterocycles. The molecule has 2 heterocycles. The molecule has 0 bridgehead atoms. The minimum atomic E-state index is -0.406. The normalized spacial score (nSPS) is 11.1. The monoisotopic (exact) mass is 554 g/mol. The van der Waals surface area contributed by atoms with E-state index in [9.17, 15) is 20.2 Å². The molecule has 12 nitrogen and oxygen atoms in total. The van der Waals surface area contributed by atoms with E-state index in [2.05, 4.69) is 29.5 Å². The number of thioether (sulfide) groups is 2. The van der Waals surface area contributed by atoms with Crippen LogP contribution in [-0.4, -0.2) is 39.4 Å². The Balaban J connectivity index is 1.36. The second-order valence-corrected chi connectivity index (χ2v) is 10.1. The van der Waals surface area contributed by atoms with Gasteiger partial charge >= 0.3 is 0 Å². The van der Waals surface area contributed by atoms with E-state index in [4.69, 9.17) is 0 Å². The van der Waals surface area contributed by atoms with Crippen molar-refractivity contribution in [1.82, 2.24) is 29.5 Å². The number of rotatable bonds is 13. The van der Waals surface area contributed by atoms with Gasteiger partial charge in [-0.25, -0.2) is 0 Å². The maximum atomic E-state index is 10.9. The Labute approximate surface area is 227 Å². The number of aryl methyl sites for hydroxylation is 2. The number of nitro benzene ring substituents is 2. The summed E-state index contributed by atoms with van der Waals surface area (Å²) in [5.74, 6) is 3.00. The number of benzene rings is 2. The van der Waals surface area contributed by atoms with Crippen LogP contribution in [0.25, 0.3) is 0 Å². The third-order valence-corrected chi connectivity index (χ3v) is 7.90. The van der Waals surface area contributed by atoms with Gasteiger partial charge in [-0.05, 0) is 25.0 Å². The molecule has 0 spiro atoms. The fraction of sp³-hybridized carbons (Fsp3) is 0.333. The van der Waals surface area contributed by atoms with E-state index >= 15 is 0 Å². The van der Waals surface area contributed by atoms with Crippen molar-refractivity contribution >= 4 is 34.9 Å². The number of nitrogens with zero attached hydrogens (tertiary/aromatic N) is 8. The van der Waals surface area contributed by atoms with E-state index in [0.717, 1.165) is 46.2 Å². The fourth-order valence-corrected chi connectivity index (χ4v) is 5.76. The highest BCUT2D eigenvalue weighted by molar-refractivity contribution is 7.98. The molecule has 0 aliphatic rings. The van der Waals surface area contributed by atoms with Crippen molar-refractivity contribution in [3.63, 3.8) is 0 Å². The van der Waals surface area contributed by atoms with Gasteiger partial charge in [0.1, 0.15) is 11.6 Å². The largest absolute Gasteiger partial charge is 0.306 e. The first-order valence-corrected chi connectivity index (χ1v) is 13.9. The van der Waals surface area contributed by atoms with Crippen LogP contribution < -0.4 is 0 Å². The average molecular weight is 555 g/mol. The molecule has 2 aromatic heterocycles. The van der Waals surface area contributed by atoms with Crippen LogP contribution in [0.5, 0.6) is 0 Å². The van der Waals surface area contributed by atoms with E-state index in [-0.39, 0.29) is 11.4 Å². The van der Waals surface area contributed by atoms with Crippen molar-refractivity contribution in [3.05, 3.63) is 91.5 Å². The predicted octanol–water partition coefficient (Wildman–Crippen LogP) is 5.10. The zero-order valence-electron chi connectivity index (χ0n) is 20.9. The van der Waals surface area contributed by atoms with Crippen LogP contribution in [0.4, 0.5) is 11.4 Å². The molecule has 0 fully saturated rings. The second kappa shape index (κ2) is 12.6. The first kappa shape index (κ1) is 27.3. The average Bonchev–Trinajstić information content (AvgIpc) is 3.52. The number of hydrogen-bond acceptors (Lipinski definition) is 10. The minimum absolute atomic E-state index is 0.0746. The molecule has 0 unspecified atom stereocenters. The van der Waals surface area contributed by atoms with Gasteiger partial charge in [0.25, 0.3) is 11.4 Å². The van der Waals surface area contributed by atoms with Crippen molar-refractivity contribution < 1.29 is 9.85 Å². The van der Waals surface area contributed by atoms with Crippen LogP contribution in [0.1, 0.15) is 36.6 Å². The molecule has 198 valence electrons. The number of hydrogen-bond donors (Lipinski definition) is 0. The predicted molar refractivity (Wildman–Crippen MR) is 144 cm³/mol. The summed E-state index contributed by atoms with van der Waals surface area (Å²) in [6, 6.07) is 13.1. The summed E-state index contributed by atoms with van der Waals surface area (Å²) in [5.41, 5.74) is 2.10. The summed E-state index contributed by atoms with van der Waals surface area (Å²) in [4.78, 5) is 20.9. The van der Waals surface area contributed by atoms with Gasteiger partial charge in [-0.1, -0.05) is 47.8 Å². The Hall–Kier alpha value is -3.78. The van der Waals surface area contributed by atoms with E-state index < -0.39 is 9.85 Å². The van der Waals surface area contributed by atoms with Crippen LogP contribution in [0, 0.1) is 20.2 Å². The first-order chi connectivity index (χ1) is 18.4. The zero-order valence-corrected chi connectivity index (χ0v) is 22.5. The first-order valence-electron chi connectivity index (χ1n) is 12.0. The maximum Gasteiger partial charge on any atom is 0.269 e. The summed E-state index contributed by atoms with van der Waals surface area (Å²) in [7, 11) is 0. The van der Waals surface area contributed by atoms with Crippen LogP contribution in [0.3, 0.4) is 0 Å². The summed E-state index contributed by atoms with van der Waals surface area (Å²) in [5, 5.41) is 40.8.